The Labute approximate surface area is 141 Å². The first-order valence-electron chi connectivity index (χ1n) is 8.52. The van der Waals surface area contributed by atoms with Crippen LogP contribution >= 0.6 is 0 Å². The normalized spacial score (nSPS) is 15.2. The van der Waals surface area contributed by atoms with Gasteiger partial charge in [-0.1, -0.05) is 37.3 Å². The molecule has 6 nitrogen and oxygen atoms in total. The minimum absolute atomic E-state index is 0.800. The van der Waals surface area contributed by atoms with E-state index in [2.05, 4.69) is 46.5 Å². The molecule has 0 saturated carbocycles. The molecule has 6 heteroatoms. The molecule has 2 aromatic heterocycles. The van der Waals surface area contributed by atoms with Crippen molar-refractivity contribution in [3.8, 4) is 11.3 Å². The van der Waals surface area contributed by atoms with Gasteiger partial charge >= 0.3 is 0 Å². The maximum atomic E-state index is 4.95. The zero-order chi connectivity index (χ0) is 16.5. The summed E-state index contributed by atoms with van der Waals surface area (Å²) >= 11 is 0. The summed E-state index contributed by atoms with van der Waals surface area (Å²) in [7, 11) is 1.96. The van der Waals surface area contributed by atoms with E-state index in [4.69, 9.17) is 9.97 Å². The first kappa shape index (κ1) is 15.1. The number of nitrogens with one attached hydrogen (secondary N) is 1. The van der Waals surface area contributed by atoms with Crippen LogP contribution in [0.1, 0.15) is 12.6 Å². The van der Waals surface area contributed by atoms with Gasteiger partial charge in [-0.2, -0.15) is 10.1 Å². The summed E-state index contributed by atoms with van der Waals surface area (Å²) in [6.07, 6.45) is 0.869. The number of nitrogens with zero attached hydrogens (tertiary/aromatic N) is 5. The molecule has 0 unspecified atom stereocenters. The number of rotatable bonds is 3. The number of piperazine rings is 1. The van der Waals surface area contributed by atoms with Gasteiger partial charge in [-0.05, 0) is 6.42 Å². The maximum Gasteiger partial charge on any atom is 0.228 e. The number of benzene rings is 1. The topological polar surface area (TPSA) is 58.9 Å². The Morgan fingerprint density at radius 1 is 1.08 bits per heavy atom. The molecule has 1 fully saturated rings. The predicted molar refractivity (Wildman–Crippen MR) is 96.2 cm³/mol. The number of hydrogen-bond donors (Lipinski definition) is 1. The molecule has 3 heterocycles. The highest BCUT2D eigenvalue weighted by molar-refractivity contribution is 5.93. The zero-order valence-electron chi connectivity index (χ0n) is 14.2. The standard InChI is InChI=1S/C18H22N6/c1-3-14-15-16(13-7-5-4-6-8-13)20-18(21-17(15)23(2)22-14)24-11-9-19-10-12-24/h4-8,19H,3,9-12H2,1-2H3. The van der Waals surface area contributed by atoms with Crippen LogP contribution in [0.15, 0.2) is 30.3 Å². The highest BCUT2D eigenvalue weighted by atomic mass is 15.3. The molecule has 0 amide bonds. The second-order valence-corrected chi connectivity index (χ2v) is 6.10. The number of hydrogen-bond acceptors (Lipinski definition) is 5. The Morgan fingerprint density at radius 3 is 2.54 bits per heavy atom. The van der Waals surface area contributed by atoms with E-state index >= 15 is 0 Å². The summed E-state index contributed by atoms with van der Waals surface area (Å²) in [5.74, 6) is 0.800. The first-order chi connectivity index (χ1) is 11.8. The van der Waals surface area contributed by atoms with E-state index < -0.39 is 0 Å². The van der Waals surface area contributed by atoms with E-state index in [1.807, 2.05) is 17.8 Å². The summed E-state index contributed by atoms with van der Waals surface area (Å²) in [6.45, 7) is 5.92. The van der Waals surface area contributed by atoms with Crippen LogP contribution < -0.4 is 10.2 Å². The van der Waals surface area contributed by atoms with E-state index in [1.165, 1.54) is 0 Å². The van der Waals surface area contributed by atoms with Crippen LogP contribution in [0, 0.1) is 0 Å². The van der Waals surface area contributed by atoms with E-state index in [0.29, 0.717) is 0 Å². The fourth-order valence-corrected chi connectivity index (χ4v) is 3.27. The van der Waals surface area contributed by atoms with Crippen molar-refractivity contribution in [2.24, 2.45) is 7.05 Å². The molecule has 0 atom stereocenters. The molecule has 0 aliphatic carbocycles. The van der Waals surface area contributed by atoms with E-state index in [1.54, 1.807) is 0 Å². The van der Waals surface area contributed by atoms with Crippen molar-refractivity contribution in [1.82, 2.24) is 25.1 Å². The molecule has 1 aliphatic heterocycles. The third-order valence-corrected chi connectivity index (χ3v) is 4.53. The average molecular weight is 322 g/mol. The molecule has 1 aliphatic rings. The summed E-state index contributed by atoms with van der Waals surface area (Å²) in [5, 5.41) is 9.12. The lowest BCUT2D eigenvalue weighted by Crippen LogP contribution is -2.44. The molecule has 3 aromatic rings. The highest BCUT2D eigenvalue weighted by Crippen LogP contribution is 2.30. The quantitative estimate of drug-likeness (QED) is 0.799. The fourth-order valence-electron chi connectivity index (χ4n) is 3.27. The van der Waals surface area contributed by atoms with Gasteiger partial charge in [0.1, 0.15) is 0 Å². The van der Waals surface area contributed by atoms with Crippen molar-refractivity contribution >= 4 is 17.0 Å². The third-order valence-electron chi connectivity index (χ3n) is 4.53. The van der Waals surface area contributed by atoms with E-state index in [9.17, 15) is 0 Å². The van der Waals surface area contributed by atoms with Gasteiger partial charge in [0, 0.05) is 38.8 Å². The maximum absolute atomic E-state index is 4.95. The van der Waals surface area contributed by atoms with Gasteiger partial charge < -0.3 is 10.2 Å². The Kier molecular flexibility index (Phi) is 3.90. The smallest absolute Gasteiger partial charge is 0.228 e. The van der Waals surface area contributed by atoms with Crippen LogP contribution in [0.5, 0.6) is 0 Å². The largest absolute Gasteiger partial charge is 0.338 e. The molecule has 0 spiro atoms. The fraction of sp³-hybridized carbons (Fsp3) is 0.389. The molecule has 124 valence electrons. The van der Waals surface area contributed by atoms with Crippen molar-refractivity contribution < 1.29 is 0 Å². The van der Waals surface area contributed by atoms with Gasteiger partial charge in [-0.25, -0.2) is 9.67 Å². The molecule has 1 saturated heterocycles. The van der Waals surface area contributed by atoms with Crippen LogP contribution in [0.25, 0.3) is 22.3 Å². The summed E-state index contributed by atoms with van der Waals surface area (Å²) in [4.78, 5) is 12.0. The molecule has 0 bridgehead atoms. The van der Waals surface area contributed by atoms with Crippen molar-refractivity contribution in [2.45, 2.75) is 13.3 Å². The molecule has 0 radical (unpaired) electrons. The minimum atomic E-state index is 0.800. The van der Waals surface area contributed by atoms with Crippen LogP contribution in [0.3, 0.4) is 0 Å². The Balaban J connectivity index is 1.95. The van der Waals surface area contributed by atoms with Gasteiger partial charge in [0.25, 0.3) is 0 Å². The SMILES string of the molecule is CCc1nn(C)c2nc(N3CCNCC3)nc(-c3ccccc3)c12. The third kappa shape index (κ3) is 2.53. The molecule has 4 rings (SSSR count). The highest BCUT2D eigenvalue weighted by Gasteiger charge is 2.21. The van der Waals surface area contributed by atoms with Crippen LogP contribution in [-0.2, 0) is 13.5 Å². The molecule has 1 aromatic carbocycles. The Morgan fingerprint density at radius 2 is 1.83 bits per heavy atom. The van der Waals surface area contributed by atoms with Gasteiger partial charge in [-0.3, -0.25) is 0 Å². The second-order valence-electron chi connectivity index (χ2n) is 6.10. The Hall–Kier alpha value is -2.47. The molecule has 24 heavy (non-hydrogen) atoms. The monoisotopic (exact) mass is 322 g/mol. The van der Waals surface area contributed by atoms with Crippen molar-refractivity contribution in [1.29, 1.82) is 0 Å². The summed E-state index contributed by atoms with van der Waals surface area (Å²) in [5.41, 5.74) is 4.07. The number of anilines is 1. The van der Waals surface area contributed by atoms with Crippen molar-refractivity contribution in [2.75, 3.05) is 31.1 Å². The van der Waals surface area contributed by atoms with Gasteiger partial charge in [0.15, 0.2) is 5.65 Å². The number of aryl methyl sites for hydroxylation is 2. The number of aromatic nitrogens is 4. The lowest BCUT2D eigenvalue weighted by atomic mass is 10.1. The second kappa shape index (κ2) is 6.20. The molecule has 1 N–H and O–H groups in total. The van der Waals surface area contributed by atoms with Crippen LogP contribution in [0.4, 0.5) is 5.95 Å². The first-order valence-corrected chi connectivity index (χ1v) is 8.52. The number of fused-ring (bicyclic) bond motifs is 1. The lowest BCUT2D eigenvalue weighted by Gasteiger charge is -2.27. The van der Waals surface area contributed by atoms with Gasteiger partial charge in [-0.15, -0.1) is 0 Å². The molecular formula is C18H22N6. The lowest BCUT2D eigenvalue weighted by molar-refractivity contribution is 0.580. The van der Waals surface area contributed by atoms with E-state index in [0.717, 1.165) is 66.5 Å². The Bertz CT molecular complexity index is 849. The zero-order valence-corrected chi connectivity index (χ0v) is 14.2. The van der Waals surface area contributed by atoms with Crippen molar-refractivity contribution in [3.05, 3.63) is 36.0 Å². The molecular weight excluding hydrogens is 300 g/mol. The van der Waals surface area contributed by atoms with Gasteiger partial charge in [0.05, 0.1) is 16.8 Å². The van der Waals surface area contributed by atoms with Crippen LogP contribution in [0.2, 0.25) is 0 Å². The minimum Gasteiger partial charge on any atom is -0.338 e. The summed E-state index contributed by atoms with van der Waals surface area (Å²) < 4.78 is 1.88. The summed E-state index contributed by atoms with van der Waals surface area (Å²) in [6, 6.07) is 10.3. The van der Waals surface area contributed by atoms with Crippen LogP contribution in [-0.4, -0.2) is 45.9 Å². The van der Waals surface area contributed by atoms with E-state index in [-0.39, 0.29) is 0 Å². The van der Waals surface area contributed by atoms with Crippen molar-refractivity contribution in [3.63, 3.8) is 0 Å². The van der Waals surface area contributed by atoms with Gasteiger partial charge in [0.2, 0.25) is 5.95 Å². The average Bonchev–Trinajstić information content (AvgIpc) is 2.98. The predicted octanol–water partition coefficient (Wildman–Crippen LogP) is 2.00.